The maximum absolute atomic E-state index is 13.0. The van der Waals surface area contributed by atoms with Crippen LogP contribution in [0.4, 0.5) is 10.1 Å². The summed E-state index contributed by atoms with van der Waals surface area (Å²) in [5.41, 5.74) is 0.315. The Labute approximate surface area is 116 Å². The smallest absolute Gasteiger partial charge is 0.232 e. The summed E-state index contributed by atoms with van der Waals surface area (Å²) in [7, 11) is -3.39. The number of anilines is 1. The molecule has 0 aromatic heterocycles. The molecule has 0 aliphatic rings. The Morgan fingerprint density at radius 2 is 1.94 bits per heavy atom. The van der Waals surface area contributed by atoms with Crippen LogP contribution in [0.25, 0.3) is 0 Å². The van der Waals surface area contributed by atoms with Gasteiger partial charge in [-0.1, -0.05) is 20.8 Å². The zero-order valence-electron chi connectivity index (χ0n) is 10.6. The topological polar surface area (TPSA) is 46.2 Å². The summed E-state index contributed by atoms with van der Waals surface area (Å²) < 4.78 is 39.3. The van der Waals surface area contributed by atoms with E-state index in [-0.39, 0.29) is 15.6 Å². The van der Waals surface area contributed by atoms with Gasteiger partial charge in [0.2, 0.25) is 10.0 Å². The van der Waals surface area contributed by atoms with Crippen molar-refractivity contribution in [2.75, 3.05) is 10.5 Å². The first-order chi connectivity index (χ1) is 8.09. The minimum absolute atomic E-state index is 0.0435. The third-order valence-corrected chi connectivity index (χ3v) is 4.21. The third-order valence-electron chi connectivity index (χ3n) is 2.31. The van der Waals surface area contributed by atoms with Crippen LogP contribution < -0.4 is 4.72 Å². The minimum atomic E-state index is -3.39. The molecule has 6 heteroatoms. The van der Waals surface area contributed by atoms with Crippen molar-refractivity contribution >= 4 is 31.6 Å². The lowest BCUT2D eigenvalue weighted by Gasteiger charge is -2.18. The number of benzene rings is 1. The van der Waals surface area contributed by atoms with Gasteiger partial charge >= 0.3 is 0 Å². The predicted octanol–water partition coefficient (Wildman–Crippen LogP) is 3.77. The highest BCUT2D eigenvalue weighted by molar-refractivity contribution is 9.10. The van der Waals surface area contributed by atoms with E-state index >= 15 is 0 Å². The summed E-state index contributed by atoms with van der Waals surface area (Å²) in [6, 6.07) is 4.02. The van der Waals surface area contributed by atoms with Crippen molar-refractivity contribution in [1.82, 2.24) is 0 Å². The highest BCUT2D eigenvalue weighted by atomic mass is 79.9. The molecule has 1 aromatic rings. The molecule has 3 nitrogen and oxygen atoms in total. The molecule has 0 aliphatic heterocycles. The van der Waals surface area contributed by atoms with Crippen LogP contribution in [0.1, 0.15) is 27.2 Å². The second kappa shape index (κ2) is 5.57. The number of halogens is 2. The Morgan fingerprint density at radius 1 is 1.33 bits per heavy atom. The van der Waals surface area contributed by atoms with E-state index in [1.807, 2.05) is 20.8 Å². The van der Waals surface area contributed by atoms with Gasteiger partial charge < -0.3 is 0 Å². The number of hydrogen-bond donors (Lipinski definition) is 1. The van der Waals surface area contributed by atoms with Crippen molar-refractivity contribution in [2.45, 2.75) is 27.2 Å². The molecule has 18 heavy (non-hydrogen) atoms. The van der Waals surface area contributed by atoms with Gasteiger partial charge in [0.05, 0.1) is 10.2 Å². The maximum Gasteiger partial charge on any atom is 0.232 e. The summed E-state index contributed by atoms with van der Waals surface area (Å²) in [6.45, 7) is 5.95. The van der Waals surface area contributed by atoms with Crippen LogP contribution in [0.5, 0.6) is 0 Å². The van der Waals surface area contributed by atoms with Crippen LogP contribution in [0.2, 0.25) is 0 Å². The van der Waals surface area contributed by atoms with Crippen LogP contribution in [0.15, 0.2) is 22.7 Å². The highest BCUT2D eigenvalue weighted by Crippen LogP contribution is 2.23. The summed E-state index contributed by atoms with van der Waals surface area (Å²) in [5.74, 6) is -0.376. The molecule has 1 aromatic carbocycles. The first kappa shape index (κ1) is 15.4. The predicted molar refractivity (Wildman–Crippen MR) is 75.6 cm³/mol. The monoisotopic (exact) mass is 337 g/mol. The van der Waals surface area contributed by atoms with Crippen LogP contribution in [0, 0.1) is 11.2 Å². The van der Waals surface area contributed by atoms with Crippen molar-refractivity contribution in [3.63, 3.8) is 0 Å². The molecule has 102 valence electrons. The van der Waals surface area contributed by atoms with E-state index in [0.29, 0.717) is 12.1 Å². The molecular weight excluding hydrogens is 321 g/mol. The summed E-state index contributed by atoms with van der Waals surface area (Å²) in [6.07, 6.45) is 0.560. The van der Waals surface area contributed by atoms with Crippen molar-refractivity contribution in [1.29, 1.82) is 0 Å². The Bertz CT molecular complexity index is 523. The minimum Gasteiger partial charge on any atom is -0.284 e. The van der Waals surface area contributed by atoms with Gasteiger partial charge in [-0.25, -0.2) is 12.8 Å². The van der Waals surface area contributed by atoms with E-state index in [9.17, 15) is 12.8 Å². The summed E-state index contributed by atoms with van der Waals surface area (Å²) in [5, 5.41) is 0. The van der Waals surface area contributed by atoms with Crippen molar-refractivity contribution in [2.24, 2.45) is 5.41 Å². The van der Waals surface area contributed by atoms with E-state index in [1.165, 1.54) is 18.2 Å². The molecule has 0 atom stereocenters. The molecular formula is C12H17BrFNO2S. The highest BCUT2D eigenvalue weighted by Gasteiger charge is 2.17. The van der Waals surface area contributed by atoms with Crippen LogP contribution in [-0.4, -0.2) is 14.2 Å². The largest absolute Gasteiger partial charge is 0.284 e. The molecule has 0 radical (unpaired) electrons. The fraction of sp³-hybridized carbons (Fsp3) is 0.500. The van der Waals surface area contributed by atoms with Crippen LogP contribution in [-0.2, 0) is 10.0 Å². The van der Waals surface area contributed by atoms with Crippen molar-refractivity contribution < 1.29 is 12.8 Å². The second-order valence-electron chi connectivity index (χ2n) is 5.36. The molecule has 0 heterocycles. The zero-order valence-corrected chi connectivity index (χ0v) is 13.0. The van der Waals surface area contributed by atoms with Crippen molar-refractivity contribution in [3.05, 3.63) is 28.5 Å². The lowest BCUT2D eigenvalue weighted by molar-refractivity contribution is 0.397. The quantitative estimate of drug-likeness (QED) is 0.908. The van der Waals surface area contributed by atoms with E-state index in [1.54, 1.807) is 0 Å². The first-order valence-corrected chi connectivity index (χ1v) is 7.99. The average Bonchev–Trinajstić information content (AvgIpc) is 2.20. The van der Waals surface area contributed by atoms with Gasteiger partial charge in [0, 0.05) is 5.69 Å². The van der Waals surface area contributed by atoms with Crippen molar-refractivity contribution in [3.8, 4) is 0 Å². The Morgan fingerprint density at radius 3 is 2.44 bits per heavy atom. The molecule has 0 fully saturated rings. The molecule has 0 unspecified atom stereocenters. The lowest BCUT2D eigenvalue weighted by atomic mass is 9.94. The SMILES string of the molecule is CC(C)(C)CCS(=O)(=O)Nc1ccc(F)c(Br)c1. The van der Waals surface area contributed by atoms with Gasteiger partial charge in [-0.2, -0.15) is 0 Å². The van der Waals surface area contributed by atoms with E-state index < -0.39 is 15.8 Å². The number of sulfonamides is 1. The second-order valence-corrected chi connectivity index (χ2v) is 8.06. The van der Waals surface area contributed by atoms with Crippen LogP contribution in [0.3, 0.4) is 0 Å². The van der Waals surface area contributed by atoms with E-state index in [0.717, 1.165) is 0 Å². The van der Waals surface area contributed by atoms with Crippen LogP contribution >= 0.6 is 15.9 Å². The third kappa shape index (κ3) is 5.35. The van der Waals surface area contributed by atoms with E-state index in [2.05, 4.69) is 20.7 Å². The Hall–Kier alpha value is -0.620. The number of hydrogen-bond acceptors (Lipinski definition) is 2. The van der Waals surface area contributed by atoms with Gasteiger partial charge in [-0.15, -0.1) is 0 Å². The average molecular weight is 338 g/mol. The molecule has 1 N–H and O–H groups in total. The fourth-order valence-electron chi connectivity index (χ4n) is 1.23. The summed E-state index contributed by atoms with van der Waals surface area (Å²) in [4.78, 5) is 0. The van der Waals surface area contributed by atoms with Gasteiger partial charge in [-0.05, 0) is 46.0 Å². The standard InChI is InChI=1S/C12H17BrFNO2S/c1-12(2,3)6-7-18(16,17)15-9-4-5-11(14)10(13)8-9/h4-5,8,15H,6-7H2,1-3H3. The van der Waals surface area contributed by atoms with Gasteiger partial charge in [0.15, 0.2) is 0 Å². The summed E-state index contributed by atoms with van der Waals surface area (Å²) >= 11 is 3.01. The van der Waals surface area contributed by atoms with Gasteiger partial charge in [0.25, 0.3) is 0 Å². The Balaban J connectivity index is 2.74. The molecule has 0 bridgehead atoms. The number of rotatable bonds is 4. The molecule has 0 aliphatic carbocycles. The molecule has 0 amide bonds. The van der Waals surface area contributed by atoms with E-state index in [4.69, 9.17) is 0 Å². The van der Waals surface area contributed by atoms with Gasteiger partial charge in [0.1, 0.15) is 5.82 Å². The molecule has 0 saturated heterocycles. The molecule has 0 saturated carbocycles. The number of nitrogens with one attached hydrogen (secondary N) is 1. The normalized spacial score (nSPS) is 12.5. The lowest BCUT2D eigenvalue weighted by Crippen LogP contribution is -2.20. The fourth-order valence-corrected chi connectivity index (χ4v) is 3.08. The molecule has 1 rings (SSSR count). The Kier molecular flexibility index (Phi) is 4.78. The maximum atomic E-state index is 13.0. The zero-order chi connectivity index (χ0) is 14.0. The van der Waals surface area contributed by atoms with Gasteiger partial charge in [-0.3, -0.25) is 4.72 Å². The first-order valence-electron chi connectivity index (χ1n) is 5.55. The molecule has 0 spiro atoms.